The monoisotopic (exact) mass is 558 g/mol. The molecule has 6 aliphatic rings. The maximum Gasteiger partial charge on any atom is 0.340 e. The van der Waals surface area contributed by atoms with E-state index >= 15 is 0 Å². The van der Waals surface area contributed by atoms with Gasteiger partial charge >= 0.3 is 5.63 Å². The number of rotatable bonds is 3. The molecule has 41 heavy (non-hydrogen) atoms. The lowest BCUT2D eigenvalue weighted by Crippen LogP contribution is -2.54. The van der Waals surface area contributed by atoms with Gasteiger partial charge in [-0.15, -0.1) is 0 Å². The number of nitrogens with zero attached hydrogens (tertiary/aromatic N) is 1. The molecule has 3 N–H and O–H groups in total. The Balaban J connectivity index is 1.15. The molecule has 8 unspecified atom stereocenters. The van der Waals surface area contributed by atoms with Gasteiger partial charge in [0.1, 0.15) is 5.58 Å². The van der Waals surface area contributed by atoms with Crippen LogP contribution in [0.1, 0.15) is 113 Å². The molecule has 5 nitrogen and oxygen atoms in total. The number of benzene rings is 1. The minimum atomic E-state index is -0.106. The largest absolute Gasteiger partial charge is 0.422 e. The van der Waals surface area contributed by atoms with Gasteiger partial charge in [0, 0.05) is 35.3 Å². The first-order valence-electron chi connectivity index (χ1n) is 17.1. The van der Waals surface area contributed by atoms with Crippen molar-refractivity contribution in [2.24, 2.45) is 40.2 Å². The maximum absolute atomic E-state index is 14.0. The summed E-state index contributed by atoms with van der Waals surface area (Å²) >= 11 is 0. The first kappa shape index (κ1) is 26.8. The average Bonchev–Trinajstić information content (AvgIpc) is 3.28. The van der Waals surface area contributed by atoms with Gasteiger partial charge in [-0.1, -0.05) is 13.8 Å². The lowest BCUT2D eigenvalue weighted by atomic mass is 9.44. The van der Waals surface area contributed by atoms with E-state index in [-0.39, 0.29) is 23.1 Å². The van der Waals surface area contributed by atoms with Crippen molar-refractivity contribution < 1.29 is 9.52 Å². The van der Waals surface area contributed by atoms with Gasteiger partial charge in [0.2, 0.25) is 0 Å². The number of aliphatic hydroxyl groups is 1. The quantitative estimate of drug-likeness (QED) is 0.422. The van der Waals surface area contributed by atoms with Crippen LogP contribution in [0.15, 0.2) is 15.3 Å². The molecule has 4 saturated carbocycles. The van der Waals surface area contributed by atoms with Crippen molar-refractivity contribution in [3.8, 4) is 0 Å². The van der Waals surface area contributed by atoms with Gasteiger partial charge in [-0.05, 0) is 154 Å². The van der Waals surface area contributed by atoms with Crippen LogP contribution in [-0.2, 0) is 19.3 Å². The van der Waals surface area contributed by atoms with E-state index in [1.807, 2.05) is 0 Å². The third-order valence-corrected chi connectivity index (χ3v) is 14.0. The van der Waals surface area contributed by atoms with Crippen molar-refractivity contribution in [2.45, 2.75) is 116 Å². The molecule has 1 aromatic carbocycles. The summed E-state index contributed by atoms with van der Waals surface area (Å²) < 4.78 is 6.37. The van der Waals surface area contributed by atoms with Crippen LogP contribution >= 0.6 is 0 Å². The van der Waals surface area contributed by atoms with Crippen molar-refractivity contribution in [3.05, 3.63) is 38.7 Å². The highest BCUT2D eigenvalue weighted by Gasteiger charge is 2.60. The summed E-state index contributed by atoms with van der Waals surface area (Å²) in [4.78, 5) is 16.5. The van der Waals surface area contributed by atoms with Crippen LogP contribution in [0.2, 0.25) is 0 Å². The summed E-state index contributed by atoms with van der Waals surface area (Å²) in [7, 11) is 0. The Morgan fingerprint density at radius 2 is 1.78 bits per heavy atom. The Kier molecular flexibility index (Phi) is 6.25. The second-order valence-electron chi connectivity index (χ2n) is 15.5. The highest BCUT2D eigenvalue weighted by atomic mass is 16.4. The van der Waals surface area contributed by atoms with Crippen LogP contribution in [-0.4, -0.2) is 30.8 Å². The molecule has 0 amide bonds. The first-order valence-corrected chi connectivity index (χ1v) is 17.1. The van der Waals surface area contributed by atoms with Crippen LogP contribution in [0.25, 0.3) is 11.0 Å². The fraction of sp³-hybridized carbons (Fsp3) is 0.750. The Morgan fingerprint density at radius 1 is 1.00 bits per heavy atom. The van der Waals surface area contributed by atoms with Crippen molar-refractivity contribution in [2.75, 3.05) is 24.5 Å². The lowest BCUT2D eigenvalue weighted by molar-refractivity contribution is -0.123. The average molecular weight is 559 g/mol. The van der Waals surface area contributed by atoms with E-state index < -0.39 is 0 Å². The van der Waals surface area contributed by atoms with Crippen molar-refractivity contribution >= 4 is 16.7 Å². The molecule has 5 heteroatoms. The predicted molar refractivity (Wildman–Crippen MR) is 165 cm³/mol. The molecule has 2 aliphatic heterocycles. The number of hydrogen-bond donors (Lipinski definition) is 2. The Morgan fingerprint density at radius 3 is 2.61 bits per heavy atom. The number of aryl methyl sites for hydroxylation is 2. The van der Waals surface area contributed by atoms with Gasteiger partial charge in [0.05, 0.1) is 6.10 Å². The summed E-state index contributed by atoms with van der Waals surface area (Å²) in [5, 5.41) is 12.1. The number of fused-ring (bicyclic) bond motifs is 7. The predicted octanol–water partition coefficient (Wildman–Crippen LogP) is 6.48. The summed E-state index contributed by atoms with van der Waals surface area (Å²) in [6.07, 6.45) is 15.8. The van der Waals surface area contributed by atoms with E-state index in [0.29, 0.717) is 23.8 Å². The summed E-state index contributed by atoms with van der Waals surface area (Å²) in [5.74, 6) is 3.17. The van der Waals surface area contributed by atoms with Crippen molar-refractivity contribution in [1.82, 2.24) is 0 Å². The third kappa shape index (κ3) is 3.76. The van der Waals surface area contributed by atoms with Gasteiger partial charge < -0.3 is 20.2 Å². The molecule has 4 fully saturated rings. The van der Waals surface area contributed by atoms with Crippen molar-refractivity contribution in [3.63, 3.8) is 0 Å². The van der Waals surface area contributed by atoms with Crippen LogP contribution in [0.3, 0.4) is 0 Å². The number of hydrogen-bond acceptors (Lipinski definition) is 5. The van der Waals surface area contributed by atoms with Gasteiger partial charge in [-0.25, -0.2) is 4.79 Å². The molecule has 4 aliphatic carbocycles. The molecule has 3 heterocycles. The highest BCUT2D eigenvalue weighted by molar-refractivity contribution is 5.91. The van der Waals surface area contributed by atoms with E-state index in [1.54, 1.807) is 0 Å². The molecule has 1 aromatic heterocycles. The molecule has 0 spiro atoms. The van der Waals surface area contributed by atoms with Crippen LogP contribution < -0.4 is 16.3 Å². The van der Waals surface area contributed by atoms with Gasteiger partial charge in [-0.3, -0.25) is 0 Å². The van der Waals surface area contributed by atoms with E-state index in [2.05, 4.69) is 24.8 Å². The zero-order valence-corrected chi connectivity index (χ0v) is 25.4. The van der Waals surface area contributed by atoms with Crippen LogP contribution in [0.4, 0.5) is 5.69 Å². The SMILES string of the molecule is CC12CCC3C(CCC4CC(c5c(CCN)c6cc7c8c(c6oc5=O)CCCN8CCC7)CCC43C)C1CCC2O. The Labute approximate surface area is 245 Å². The van der Waals surface area contributed by atoms with Crippen LogP contribution in [0, 0.1) is 34.5 Å². The van der Waals surface area contributed by atoms with Gasteiger partial charge in [-0.2, -0.15) is 0 Å². The zero-order chi connectivity index (χ0) is 28.1. The Hall–Kier alpha value is -1.85. The molecule has 8 atom stereocenters. The molecular formula is C36H50N2O3. The fourth-order valence-electron chi connectivity index (χ4n) is 11.9. The van der Waals surface area contributed by atoms with E-state index in [9.17, 15) is 9.90 Å². The molecule has 0 radical (unpaired) electrons. The lowest BCUT2D eigenvalue weighted by Gasteiger charge is -2.61. The van der Waals surface area contributed by atoms with E-state index in [1.165, 1.54) is 72.7 Å². The van der Waals surface area contributed by atoms with E-state index in [4.69, 9.17) is 10.2 Å². The minimum Gasteiger partial charge on any atom is -0.422 e. The second-order valence-corrected chi connectivity index (χ2v) is 15.5. The third-order valence-electron chi connectivity index (χ3n) is 14.0. The number of anilines is 1. The van der Waals surface area contributed by atoms with E-state index in [0.717, 1.165) is 81.0 Å². The summed E-state index contributed by atoms with van der Waals surface area (Å²) in [6, 6.07) is 2.39. The molecule has 8 rings (SSSR count). The fourth-order valence-corrected chi connectivity index (χ4v) is 11.9. The van der Waals surface area contributed by atoms with Crippen LogP contribution in [0.5, 0.6) is 0 Å². The standard InChI is InChI=1S/C36H50N2O3/c1-35-14-11-21(19-23(35)7-8-25-28-9-10-30(39)36(28,2)15-12-29(25)35)31-24(13-16-37)27-20-22-5-3-17-38-18-4-6-26(32(22)38)33(27)41-34(31)40/h20-21,23,25,28-30,39H,3-19,37H2,1-2H3. The summed E-state index contributed by atoms with van der Waals surface area (Å²) in [6.45, 7) is 7.79. The molecule has 0 bridgehead atoms. The molecule has 0 saturated heterocycles. The normalized spacial score (nSPS) is 39.7. The molecule has 2 aromatic rings. The van der Waals surface area contributed by atoms with Gasteiger partial charge in [0.15, 0.2) is 0 Å². The molecule has 222 valence electrons. The smallest absolute Gasteiger partial charge is 0.340 e. The maximum atomic E-state index is 14.0. The number of aliphatic hydroxyl groups excluding tert-OH is 1. The first-order chi connectivity index (χ1) is 19.8. The molecular weight excluding hydrogens is 508 g/mol. The highest BCUT2D eigenvalue weighted by Crippen LogP contribution is 2.67. The minimum absolute atomic E-state index is 0.0826. The second kappa shape index (κ2) is 9.58. The van der Waals surface area contributed by atoms with Crippen molar-refractivity contribution in [1.29, 1.82) is 0 Å². The van der Waals surface area contributed by atoms with Gasteiger partial charge in [0.25, 0.3) is 0 Å². The topological polar surface area (TPSA) is 79.7 Å². The Bertz CT molecular complexity index is 1430. The zero-order valence-electron chi connectivity index (χ0n) is 25.4. The summed E-state index contributed by atoms with van der Waals surface area (Å²) in [5.41, 5.74) is 13.8. The number of nitrogens with two attached hydrogens (primary N) is 1.